The first-order valence-corrected chi connectivity index (χ1v) is 7.62. The lowest BCUT2D eigenvalue weighted by atomic mass is 10.1. The van der Waals surface area contributed by atoms with Gasteiger partial charge in [-0.25, -0.2) is 0 Å². The minimum atomic E-state index is 0.323. The van der Waals surface area contributed by atoms with E-state index in [9.17, 15) is 0 Å². The van der Waals surface area contributed by atoms with Gasteiger partial charge in [0.1, 0.15) is 0 Å². The van der Waals surface area contributed by atoms with E-state index in [4.69, 9.17) is 10.3 Å². The number of aryl methyl sites for hydroxylation is 1. The number of nitrogens with two attached hydrogens (primary N) is 1. The van der Waals surface area contributed by atoms with Crippen molar-refractivity contribution in [2.24, 2.45) is 5.41 Å². The molecule has 4 nitrogen and oxygen atoms in total. The van der Waals surface area contributed by atoms with Crippen molar-refractivity contribution in [3.8, 4) is 11.5 Å². The van der Waals surface area contributed by atoms with Crippen molar-refractivity contribution in [2.75, 3.05) is 5.73 Å². The van der Waals surface area contributed by atoms with Crippen LogP contribution in [0.5, 0.6) is 0 Å². The summed E-state index contributed by atoms with van der Waals surface area (Å²) < 4.78 is 5.48. The molecule has 0 bridgehead atoms. The Bertz CT molecular complexity index is 656. The quantitative estimate of drug-likeness (QED) is 0.912. The zero-order chi connectivity index (χ0) is 13.2. The molecule has 2 N–H and O–H groups in total. The second kappa shape index (κ2) is 3.60. The number of rotatable bonds is 2. The number of anilines is 1. The molecule has 5 heteroatoms. The predicted molar refractivity (Wildman–Crippen MR) is 75.2 cm³/mol. The molecule has 1 atom stereocenters. The number of hydrogen-bond donors (Lipinski definition) is 1. The van der Waals surface area contributed by atoms with Crippen LogP contribution in [0.1, 0.15) is 48.9 Å². The maximum Gasteiger partial charge on any atom is 0.261 e. The summed E-state index contributed by atoms with van der Waals surface area (Å²) in [5, 5.41) is 4.99. The van der Waals surface area contributed by atoms with Gasteiger partial charge in [-0.15, -0.1) is 11.3 Å². The molecule has 1 unspecified atom stereocenters. The first-order chi connectivity index (χ1) is 9.06. The van der Waals surface area contributed by atoms with Crippen LogP contribution in [-0.2, 0) is 12.8 Å². The molecule has 0 spiro atoms. The topological polar surface area (TPSA) is 64.9 Å². The average molecular weight is 275 g/mol. The van der Waals surface area contributed by atoms with Gasteiger partial charge in [-0.1, -0.05) is 19.0 Å². The predicted octanol–water partition coefficient (Wildman–Crippen LogP) is 3.38. The van der Waals surface area contributed by atoms with Crippen LogP contribution in [0.25, 0.3) is 11.5 Å². The molecular formula is C14H17N3OS. The fourth-order valence-corrected chi connectivity index (χ4v) is 4.20. The van der Waals surface area contributed by atoms with Crippen LogP contribution in [0.2, 0.25) is 0 Å². The Hall–Kier alpha value is -1.36. The highest BCUT2D eigenvalue weighted by Crippen LogP contribution is 2.58. The van der Waals surface area contributed by atoms with Crippen molar-refractivity contribution in [2.45, 2.75) is 45.4 Å². The van der Waals surface area contributed by atoms with Crippen LogP contribution in [-0.4, -0.2) is 10.1 Å². The van der Waals surface area contributed by atoms with Crippen molar-refractivity contribution in [3.63, 3.8) is 0 Å². The first-order valence-electron chi connectivity index (χ1n) is 6.80. The third-order valence-electron chi connectivity index (χ3n) is 4.43. The van der Waals surface area contributed by atoms with Crippen LogP contribution < -0.4 is 5.73 Å². The first kappa shape index (κ1) is 11.5. The molecule has 1 saturated carbocycles. The standard InChI is InChI=1S/C14H17N3OS/c1-14(2)6-8(14)12-16-13(18-17-12)10-7-4-3-5-9(7)19-11(10)15/h8H,3-6,15H2,1-2H3. The van der Waals surface area contributed by atoms with E-state index in [0.29, 0.717) is 17.2 Å². The zero-order valence-electron chi connectivity index (χ0n) is 11.2. The van der Waals surface area contributed by atoms with Gasteiger partial charge in [0.05, 0.1) is 10.6 Å². The summed E-state index contributed by atoms with van der Waals surface area (Å²) in [6.45, 7) is 4.48. The summed E-state index contributed by atoms with van der Waals surface area (Å²) in [6, 6.07) is 0. The van der Waals surface area contributed by atoms with Gasteiger partial charge in [-0.2, -0.15) is 4.98 Å². The molecule has 2 heterocycles. The molecule has 2 aromatic heterocycles. The molecule has 0 radical (unpaired) electrons. The lowest BCUT2D eigenvalue weighted by molar-refractivity contribution is 0.419. The number of nitrogen functional groups attached to an aromatic ring is 1. The summed E-state index contributed by atoms with van der Waals surface area (Å²) in [7, 11) is 0. The lowest BCUT2D eigenvalue weighted by Gasteiger charge is -1.97. The van der Waals surface area contributed by atoms with Gasteiger partial charge in [0, 0.05) is 10.8 Å². The van der Waals surface area contributed by atoms with Gasteiger partial charge in [0.15, 0.2) is 5.82 Å². The number of nitrogens with zero attached hydrogens (tertiary/aromatic N) is 2. The van der Waals surface area contributed by atoms with Crippen molar-refractivity contribution >= 4 is 16.3 Å². The number of hydrogen-bond acceptors (Lipinski definition) is 5. The summed E-state index contributed by atoms with van der Waals surface area (Å²) in [5.41, 5.74) is 8.80. The molecule has 0 aromatic carbocycles. The second-order valence-corrected chi connectivity index (χ2v) is 7.44. The van der Waals surface area contributed by atoms with Gasteiger partial charge in [-0.3, -0.25) is 0 Å². The molecule has 2 aliphatic carbocycles. The number of thiophene rings is 1. The fourth-order valence-electron chi connectivity index (χ4n) is 3.05. The molecule has 100 valence electrons. The van der Waals surface area contributed by atoms with Gasteiger partial charge in [-0.05, 0) is 36.7 Å². The van der Waals surface area contributed by atoms with Crippen molar-refractivity contribution in [1.29, 1.82) is 0 Å². The highest BCUT2D eigenvalue weighted by atomic mass is 32.1. The highest BCUT2D eigenvalue weighted by Gasteiger charge is 2.49. The zero-order valence-corrected chi connectivity index (χ0v) is 12.0. The summed E-state index contributed by atoms with van der Waals surface area (Å²) >= 11 is 1.68. The van der Waals surface area contributed by atoms with E-state index in [1.807, 2.05) is 0 Å². The largest absolute Gasteiger partial charge is 0.390 e. The molecule has 0 aliphatic heterocycles. The summed E-state index contributed by atoms with van der Waals surface area (Å²) in [6.07, 6.45) is 4.58. The van der Waals surface area contributed by atoms with E-state index >= 15 is 0 Å². The number of aromatic nitrogens is 2. The minimum Gasteiger partial charge on any atom is -0.390 e. The Morgan fingerprint density at radius 3 is 2.89 bits per heavy atom. The summed E-state index contributed by atoms with van der Waals surface area (Å²) in [4.78, 5) is 6.00. The molecular weight excluding hydrogens is 258 g/mol. The monoisotopic (exact) mass is 275 g/mol. The maximum absolute atomic E-state index is 6.13. The van der Waals surface area contributed by atoms with Crippen LogP contribution >= 0.6 is 11.3 Å². The smallest absolute Gasteiger partial charge is 0.261 e. The van der Waals surface area contributed by atoms with Gasteiger partial charge in [0.2, 0.25) is 0 Å². The molecule has 4 rings (SSSR count). The summed E-state index contributed by atoms with van der Waals surface area (Å²) in [5.74, 6) is 1.91. The van der Waals surface area contributed by atoms with Gasteiger partial charge in [0.25, 0.3) is 5.89 Å². The SMILES string of the molecule is CC1(C)CC1c1noc(-c2c(N)sc3c2CCC3)n1. The molecule has 2 aliphatic rings. The maximum atomic E-state index is 6.13. The fraction of sp³-hybridized carbons (Fsp3) is 0.571. The third kappa shape index (κ3) is 1.64. The van der Waals surface area contributed by atoms with E-state index in [0.717, 1.165) is 35.7 Å². The Morgan fingerprint density at radius 1 is 1.37 bits per heavy atom. The van der Waals surface area contributed by atoms with Gasteiger partial charge >= 0.3 is 0 Å². The van der Waals surface area contributed by atoms with E-state index in [1.165, 1.54) is 16.9 Å². The van der Waals surface area contributed by atoms with Crippen LogP contribution in [0, 0.1) is 5.41 Å². The molecule has 1 fully saturated rings. The highest BCUT2D eigenvalue weighted by molar-refractivity contribution is 7.16. The Morgan fingerprint density at radius 2 is 2.16 bits per heavy atom. The van der Waals surface area contributed by atoms with Crippen LogP contribution in [0.4, 0.5) is 5.00 Å². The Labute approximate surface area is 116 Å². The van der Waals surface area contributed by atoms with Crippen molar-refractivity contribution in [3.05, 3.63) is 16.3 Å². The minimum absolute atomic E-state index is 0.323. The average Bonchev–Trinajstić information content (AvgIpc) is 2.81. The number of fused-ring (bicyclic) bond motifs is 1. The Balaban J connectivity index is 1.74. The van der Waals surface area contributed by atoms with Crippen LogP contribution in [0.3, 0.4) is 0 Å². The van der Waals surface area contributed by atoms with E-state index < -0.39 is 0 Å². The Kier molecular flexibility index (Phi) is 2.17. The van der Waals surface area contributed by atoms with Gasteiger partial charge < -0.3 is 10.3 Å². The van der Waals surface area contributed by atoms with Crippen LogP contribution in [0.15, 0.2) is 4.52 Å². The van der Waals surface area contributed by atoms with E-state index in [1.54, 1.807) is 11.3 Å². The van der Waals surface area contributed by atoms with E-state index in [-0.39, 0.29) is 0 Å². The molecule has 0 saturated heterocycles. The normalized spacial score (nSPS) is 23.6. The molecule has 0 amide bonds. The van der Waals surface area contributed by atoms with Crippen molar-refractivity contribution < 1.29 is 4.52 Å². The molecule has 2 aromatic rings. The van der Waals surface area contributed by atoms with E-state index in [2.05, 4.69) is 24.0 Å². The lowest BCUT2D eigenvalue weighted by Crippen LogP contribution is -1.92. The van der Waals surface area contributed by atoms with Crippen molar-refractivity contribution in [1.82, 2.24) is 10.1 Å². The third-order valence-corrected chi connectivity index (χ3v) is 5.55. The molecule has 19 heavy (non-hydrogen) atoms. The second-order valence-electron chi connectivity index (χ2n) is 6.30.